The lowest BCUT2D eigenvalue weighted by molar-refractivity contribution is 0.0102. The van der Waals surface area contributed by atoms with Crippen LogP contribution in [0.2, 0.25) is 0 Å². The minimum absolute atomic E-state index is 0.229. The molecule has 1 aromatic rings. The molecule has 1 nitrogen and oxygen atoms in total. The third-order valence-electron chi connectivity index (χ3n) is 3.51. The van der Waals surface area contributed by atoms with Gasteiger partial charge in [-0.15, -0.1) is 0 Å². The molecule has 1 aromatic carbocycles. The standard InChI is InChI=1S/C14H18O/c1-4-11-9-10(2)12-7-5-6-8-13(12)14(11,3)15/h5-9,11,15H,4H2,1-3H3/t11-,14+/m1/s1. The van der Waals surface area contributed by atoms with Crippen molar-refractivity contribution in [1.29, 1.82) is 0 Å². The molecule has 2 atom stereocenters. The number of aliphatic hydroxyl groups is 1. The molecule has 0 saturated carbocycles. The van der Waals surface area contributed by atoms with Gasteiger partial charge in [-0.05, 0) is 37.0 Å². The maximum atomic E-state index is 10.6. The van der Waals surface area contributed by atoms with Gasteiger partial charge in [0, 0.05) is 5.92 Å². The fourth-order valence-electron chi connectivity index (χ4n) is 2.54. The Bertz CT molecular complexity index is 402. The van der Waals surface area contributed by atoms with E-state index in [9.17, 15) is 5.11 Å². The average Bonchev–Trinajstić information content (AvgIpc) is 2.24. The minimum atomic E-state index is -0.717. The van der Waals surface area contributed by atoms with E-state index in [4.69, 9.17) is 0 Å². The summed E-state index contributed by atoms with van der Waals surface area (Å²) < 4.78 is 0. The number of benzene rings is 1. The Hall–Kier alpha value is -1.08. The molecule has 0 heterocycles. The van der Waals surface area contributed by atoms with Gasteiger partial charge in [-0.25, -0.2) is 0 Å². The van der Waals surface area contributed by atoms with Crippen LogP contribution in [0.1, 0.15) is 38.3 Å². The zero-order valence-corrected chi connectivity index (χ0v) is 9.62. The van der Waals surface area contributed by atoms with Gasteiger partial charge in [0.05, 0.1) is 5.60 Å². The van der Waals surface area contributed by atoms with E-state index in [1.165, 1.54) is 11.1 Å². The highest BCUT2D eigenvalue weighted by Gasteiger charge is 2.36. The van der Waals surface area contributed by atoms with Crippen LogP contribution >= 0.6 is 0 Å². The van der Waals surface area contributed by atoms with Crippen molar-refractivity contribution in [3.8, 4) is 0 Å². The van der Waals surface area contributed by atoms with Gasteiger partial charge in [0.15, 0.2) is 0 Å². The highest BCUT2D eigenvalue weighted by molar-refractivity contribution is 5.70. The van der Waals surface area contributed by atoms with Crippen molar-refractivity contribution in [2.45, 2.75) is 32.8 Å². The number of fused-ring (bicyclic) bond motifs is 1. The second kappa shape index (κ2) is 3.49. The van der Waals surface area contributed by atoms with E-state index < -0.39 is 5.60 Å². The molecule has 0 saturated heterocycles. The van der Waals surface area contributed by atoms with Crippen LogP contribution in [0.15, 0.2) is 30.3 Å². The van der Waals surface area contributed by atoms with E-state index in [0.717, 1.165) is 12.0 Å². The quantitative estimate of drug-likeness (QED) is 0.740. The van der Waals surface area contributed by atoms with Gasteiger partial charge in [-0.2, -0.15) is 0 Å². The van der Waals surface area contributed by atoms with Crippen molar-refractivity contribution < 1.29 is 5.11 Å². The van der Waals surface area contributed by atoms with Gasteiger partial charge in [-0.1, -0.05) is 37.3 Å². The summed E-state index contributed by atoms with van der Waals surface area (Å²) in [5, 5.41) is 10.6. The van der Waals surface area contributed by atoms with Gasteiger partial charge in [0.1, 0.15) is 0 Å². The second-order valence-corrected chi connectivity index (χ2v) is 4.56. The van der Waals surface area contributed by atoms with Gasteiger partial charge in [-0.3, -0.25) is 0 Å². The van der Waals surface area contributed by atoms with Crippen LogP contribution in [0.3, 0.4) is 0 Å². The van der Waals surface area contributed by atoms with E-state index in [2.05, 4.69) is 26.0 Å². The first kappa shape index (κ1) is 10.4. The summed E-state index contributed by atoms with van der Waals surface area (Å²) in [6.45, 7) is 6.16. The van der Waals surface area contributed by atoms with E-state index >= 15 is 0 Å². The molecule has 1 aliphatic rings. The summed E-state index contributed by atoms with van der Waals surface area (Å²) in [5.74, 6) is 0.229. The number of rotatable bonds is 1. The molecule has 80 valence electrons. The Morgan fingerprint density at radius 2 is 2.00 bits per heavy atom. The smallest absolute Gasteiger partial charge is 0.0936 e. The van der Waals surface area contributed by atoms with Crippen LogP contribution in [0.4, 0.5) is 0 Å². The highest BCUT2D eigenvalue weighted by Crippen LogP contribution is 2.41. The monoisotopic (exact) mass is 202 g/mol. The average molecular weight is 202 g/mol. The minimum Gasteiger partial charge on any atom is -0.385 e. The van der Waals surface area contributed by atoms with Crippen LogP contribution in [-0.2, 0) is 5.60 Å². The fourth-order valence-corrected chi connectivity index (χ4v) is 2.54. The fraction of sp³-hybridized carbons (Fsp3) is 0.429. The Labute approximate surface area is 91.4 Å². The lowest BCUT2D eigenvalue weighted by atomic mass is 9.73. The van der Waals surface area contributed by atoms with Crippen molar-refractivity contribution >= 4 is 5.57 Å². The summed E-state index contributed by atoms with van der Waals surface area (Å²) in [5.41, 5.74) is 2.82. The number of hydrogen-bond acceptors (Lipinski definition) is 1. The number of allylic oxidation sites excluding steroid dienone is 1. The molecule has 1 heteroatoms. The predicted octanol–water partition coefficient (Wildman–Crippen LogP) is 3.34. The molecule has 0 unspecified atom stereocenters. The first-order valence-electron chi connectivity index (χ1n) is 5.58. The summed E-state index contributed by atoms with van der Waals surface area (Å²) in [6, 6.07) is 8.15. The lowest BCUT2D eigenvalue weighted by Crippen LogP contribution is -2.33. The summed E-state index contributed by atoms with van der Waals surface area (Å²) >= 11 is 0. The van der Waals surface area contributed by atoms with Crippen molar-refractivity contribution in [1.82, 2.24) is 0 Å². The van der Waals surface area contributed by atoms with Crippen LogP contribution in [0.25, 0.3) is 5.57 Å². The van der Waals surface area contributed by atoms with Crippen molar-refractivity contribution in [3.05, 3.63) is 41.5 Å². The molecule has 0 radical (unpaired) electrons. The molecule has 0 bridgehead atoms. The van der Waals surface area contributed by atoms with E-state index in [1.807, 2.05) is 25.1 Å². The zero-order chi connectivity index (χ0) is 11.1. The van der Waals surface area contributed by atoms with E-state index in [0.29, 0.717) is 0 Å². The van der Waals surface area contributed by atoms with Crippen molar-refractivity contribution in [2.75, 3.05) is 0 Å². The molecule has 2 rings (SSSR count). The van der Waals surface area contributed by atoms with Gasteiger partial charge < -0.3 is 5.11 Å². The topological polar surface area (TPSA) is 20.2 Å². The van der Waals surface area contributed by atoms with Crippen molar-refractivity contribution in [2.24, 2.45) is 5.92 Å². The van der Waals surface area contributed by atoms with Crippen LogP contribution < -0.4 is 0 Å². The Morgan fingerprint density at radius 1 is 1.33 bits per heavy atom. The van der Waals surface area contributed by atoms with E-state index in [1.54, 1.807) is 0 Å². The zero-order valence-electron chi connectivity index (χ0n) is 9.62. The molecule has 0 aromatic heterocycles. The molecule has 0 fully saturated rings. The molecule has 1 aliphatic carbocycles. The third-order valence-corrected chi connectivity index (χ3v) is 3.51. The van der Waals surface area contributed by atoms with E-state index in [-0.39, 0.29) is 5.92 Å². The maximum Gasteiger partial charge on any atom is 0.0936 e. The van der Waals surface area contributed by atoms with Crippen LogP contribution in [-0.4, -0.2) is 5.11 Å². The van der Waals surface area contributed by atoms with Gasteiger partial charge in [0.2, 0.25) is 0 Å². The molecule has 0 amide bonds. The Balaban J connectivity index is 2.61. The molecule has 0 aliphatic heterocycles. The summed E-state index contributed by atoms with van der Waals surface area (Å²) in [4.78, 5) is 0. The third kappa shape index (κ3) is 1.51. The maximum absolute atomic E-state index is 10.6. The molecule has 15 heavy (non-hydrogen) atoms. The molecular weight excluding hydrogens is 184 g/mol. The number of hydrogen-bond donors (Lipinski definition) is 1. The lowest BCUT2D eigenvalue weighted by Gasteiger charge is -2.36. The normalized spacial score (nSPS) is 29.6. The predicted molar refractivity (Wildman–Crippen MR) is 63.4 cm³/mol. The highest BCUT2D eigenvalue weighted by atomic mass is 16.3. The Morgan fingerprint density at radius 3 is 2.67 bits per heavy atom. The SMILES string of the molecule is CC[C@@H]1C=C(C)c2ccccc2[C@@]1(C)O. The summed E-state index contributed by atoms with van der Waals surface area (Å²) in [7, 11) is 0. The first-order valence-corrected chi connectivity index (χ1v) is 5.58. The summed E-state index contributed by atoms with van der Waals surface area (Å²) in [6.07, 6.45) is 3.17. The molecular formula is C14H18O. The van der Waals surface area contributed by atoms with Crippen LogP contribution in [0, 0.1) is 5.92 Å². The first-order chi connectivity index (χ1) is 7.07. The molecule has 0 spiro atoms. The van der Waals surface area contributed by atoms with Crippen LogP contribution in [0.5, 0.6) is 0 Å². The van der Waals surface area contributed by atoms with Gasteiger partial charge >= 0.3 is 0 Å². The largest absolute Gasteiger partial charge is 0.385 e. The van der Waals surface area contributed by atoms with Crippen molar-refractivity contribution in [3.63, 3.8) is 0 Å². The van der Waals surface area contributed by atoms with Gasteiger partial charge in [0.25, 0.3) is 0 Å². The molecule has 1 N–H and O–H groups in total. The second-order valence-electron chi connectivity index (χ2n) is 4.56. The Kier molecular flexibility index (Phi) is 2.43.